The van der Waals surface area contributed by atoms with E-state index in [0.29, 0.717) is 23.2 Å². The fourth-order valence-corrected chi connectivity index (χ4v) is 5.08. The molecule has 0 spiro atoms. The fraction of sp³-hybridized carbons (Fsp3) is 0.263. The molecule has 3 aromatic rings. The zero-order valence-electron chi connectivity index (χ0n) is 15.5. The van der Waals surface area contributed by atoms with E-state index in [-0.39, 0.29) is 4.90 Å². The first-order valence-corrected chi connectivity index (χ1v) is 11.4. The summed E-state index contributed by atoms with van der Waals surface area (Å²) in [7, 11) is 0.0438. The number of likely N-dealkylation sites (N-methyl/N-ethyl adjacent to an activating group) is 1. The van der Waals surface area contributed by atoms with E-state index >= 15 is 0 Å². The Kier molecular flexibility index (Phi) is 6.34. The van der Waals surface area contributed by atoms with Gasteiger partial charge in [0, 0.05) is 18.1 Å². The van der Waals surface area contributed by atoms with E-state index in [1.807, 2.05) is 19.0 Å². The first-order valence-electron chi connectivity index (χ1n) is 8.55. The molecule has 0 fully saturated rings. The first kappa shape index (κ1) is 20.7. The minimum atomic E-state index is -3.74. The number of nitrogens with zero attached hydrogens (tertiary/aromatic N) is 3. The van der Waals surface area contributed by atoms with E-state index in [1.165, 1.54) is 28.4 Å². The maximum Gasteiger partial charge on any atom is 0.244 e. The molecule has 1 aromatic heterocycles. The van der Waals surface area contributed by atoms with Gasteiger partial charge in [0.05, 0.1) is 15.1 Å². The average Bonchev–Trinajstić information content (AvgIpc) is 3.04. The van der Waals surface area contributed by atoms with E-state index in [0.717, 1.165) is 10.2 Å². The molecule has 0 N–H and O–H groups in total. The molecular formula is C19H20ClN3O3S2. The van der Waals surface area contributed by atoms with Gasteiger partial charge < -0.3 is 4.90 Å². The molecule has 0 unspecified atom stereocenters. The second-order valence-electron chi connectivity index (χ2n) is 6.53. The molecule has 0 atom stereocenters. The first-order chi connectivity index (χ1) is 13.3. The Hall–Kier alpha value is -2.00. The summed E-state index contributed by atoms with van der Waals surface area (Å²) in [5.74, 6) is -1.11. The molecule has 0 aliphatic carbocycles. The predicted octanol–water partition coefficient (Wildman–Crippen LogP) is 3.32. The van der Waals surface area contributed by atoms with Gasteiger partial charge in [0.25, 0.3) is 0 Å². The van der Waals surface area contributed by atoms with Crippen molar-refractivity contribution < 1.29 is 13.2 Å². The van der Waals surface area contributed by atoms with Gasteiger partial charge in [0.2, 0.25) is 5.91 Å². The number of fused-ring (bicyclic) bond motifs is 1. The van der Waals surface area contributed by atoms with Crippen molar-refractivity contribution in [2.24, 2.45) is 0 Å². The monoisotopic (exact) mass is 437 g/mol. The molecule has 1 amide bonds. The highest BCUT2D eigenvalue weighted by Gasteiger charge is 2.26. The van der Waals surface area contributed by atoms with E-state index < -0.39 is 21.5 Å². The molecule has 6 nitrogen and oxygen atoms in total. The predicted molar refractivity (Wildman–Crippen MR) is 114 cm³/mol. The Balaban J connectivity index is 1.91. The van der Waals surface area contributed by atoms with Crippen molar-refractivity contribution in [2.45, 2.75) is 4.90 Å². The molecule has 0 bridgehead atoms. The lowest BCUT2D eigenvalue weighted by Gasteiger charge is -2.22. The number of carbonyl (C=O) groups excluding carboxylic acids is 1. The van der Waals surface area contributed by atoms with Crippen LogP contribution in [0.4, 0.5) is 5.13 Å². The van der Waals surface area contributed by atoms with E-state index in [9.17, 15) is 13.2 Å². The molecule has 28 heavy (non-hydrogen) atoms. The quantitative estimate of drug-likeness (QED) is 0.567. The van der Waals surface area contributed by atoms with E-state index in [4.69, 9.17) is 11.6 Å². The second-order valence-corrected chi connectivity index (χ2v) is 9.96. The third-order valence-electron chi connectivity index (χ3n) is 4.06. The third kappa shape index (κ3) is 4.88. The number of amides is 1. The summed E-state index contributed by atoms with van der Waals surface area (Å²) in [6.45, 7) is 0.914. The molecule has 2 aromatic carbocycles. The molecule has 0 saturated heterocycles. The van der Waals surface area contributed by atoms with Crippen molar-refractivity contribution in [3.05, 3.63) is 53.6 Å². The number of hydrogen-bond acceptors (Lipinski definition) is 6. The summed E-state index contributed by atoms with van der Waals surface area (Å²) in [6.07, 6.45) is 0. The molecule has 148 valence electrons. The van der Waals surface area contributed by atoms with Crippen LogP contribution in [0.3, 0.4) is 0 Å². The Morgan fingerprint density at radius 2 is 1.82 bits per heavy atom. The van der Waals surface area contributed by atoms with Crippen LogP contribution in [0.15, 0.2) is 53.4 Å². The maximum absolute atomic E-state index is 13.0. The van der Waals surface area contributed by atoms with Crippen LogP contribution >= 0.6 is 22.9 Å². The Morgan fingerprint density at radius 1 is 1.11 bits per heavy atom. The van der Waals surface area contributed by atoms with Gasteiger partial charge in [-0.2, -0.15) is 0 Å². The topological polar surface area (TPSA) is 70.6 Å². The SMILES string of the molecule is CN(C)CCN(C(=O)CS(=O)(=O)c1ccccc1)c1nc2ccc(Cl)cc2s1. The highest BCUT2D eigenvalue weighted by Crippen LogP contribution is 2.31. The molecule has 0 aliphatic rings. The van der Waals surface area contributed by atoms with Crippen LogP contribution in [0.1, 0.15) is 0 Å². The molecule has 9 heteroatoms. The summed E-state index contributed by atoms with van der Waals surface area (Å²) >= 11 is 7.36. The van der Waals surface area contributed by atoms with Crippen molar-refractivity contribution in [3.63, 3.8) is 0 Å². The lowest BCUT2D eigenvalue weighted by atomic mass is 10.3. The maximum atomic E-state index is 13.0. The lowest BCUT2D eigenvalue weighted by Crippen LogP contribution is -2.40. The lowest BCUT2D eigenvalue weighted by molar-refractivity contribution is -0.116. The number of halogens is 1. The van der Waals surface area contributed by atoms with Gasteiger partial charge in [0.1, 0.15) is 5.75 Å². The minimum Gasteiger partial charge on any atom is -0.308 e. The van der Waals surface area contributed by atoms with Crippen LogP contribution in [-0.4, -0.2) is 57.1 Å². The summed E-state index contributed by atoms with van der Waals surface area (Å²) in [4.78, 5) is 21.0. The number of anilines is 1. The van der Waals surface area contributed by atoms with Gasteiger partial charge in [-0.1, -0.05) is 41.1 Å². The fourth-order valence-electron chi connectivity index (χ4n) is 2.58. The number of benzene rings is 2. The number of hydrogen-bond donors (Lipinski definition) is 0. The van der Waals surface area contributed by atoms with Crippen LogP contribution in [-0.2, 0) is 14.6 Å². The minimum absolute atomic E-state index is 0.131. The summed E-state index contributed by atoms with van der Waals surface area (Å²) in [6, 6.07) is 13.3. The van der Waals surface area contributed by atoms with Crippen LogP contribution in [0, 0.1) is 0 Å². The van der Waals surface area contributed by atoms with Gasteiger partial charge in [-0.15, -0.1) is 0 Å². The molecule has 1 heterocycles. The highest BCUT2D eigenvalue weighted by atomic mass is 35.5. The Labute approximate surface area is 173 Å². The second kappa shape index (κ2) is 8.57. The highest BCUT2D eigenvalue weighted by molar-refractivity contribution is 7.92. The average molecular weight is 438 g/mol. The van der Waals surface area contributed by atoms with Gasteiger partial charge >= 0.3 is 0 Å². The Morgan fingerprint density at radius 3 is 2.50 bits per heavy atom. The van der Waals surface area contributed by atoms with E-state index in [1.54, 1.807) is 36.4 Å². The zero-order chi connectivity index (χ0) is 20.3. The standard InChI is InChI=1S/C19H20ClN3O3S2/c1-22(2)10-11-23(19-21-16-9-8-14(20)12-17(16)27-19)18(24)13-28(25,26)15-6-4-3-5-7-15/h3-9,12H,10-11,13H2,1-2H3. The molecule has 0 aliphatic heterocycles. The third-order valence-corrected chi connectivity index (χ3v) is 6.95. The number of sulfone groups is 1. The largest absolute Gasteiger partial charge is 0.308 e. The zero-order valence-corrected chi connectivity index (χ0v) is 17.9. The van der Waals surface area contributed by atoms with Crippen molar-refractivity contribution in [2.75, 3.05) is 37.8 Å². The normalized spacial score (nSPS) is 11.9. The van der Waals surface area contributed by atoms with Crippen molar-refractivity contribution >= 4 is 54.0 Å². The molecule has 3 rings (SSSR count). The van der Waals surface area contributed by atoms with Crippen molar-refractivity contribution in [1.29, 1.82) is 0 Å². The summed E-state index contributed by atoms with van der Waals surface area (Å²) in [5.41, 5.74) is 0.720. The van der Waals surface area contributed by atoms with Crippen LogP contribution in [0.5, 0.6) is 0 Å². The number of thiazole rings is 1. The van der Waals surface area contributed by atoms with Crippen molar-refractivity contribution in [1.82, 2.24) is 9.88 Å². The van der Waals surface area contributed by atoms with Gasteiger partial charge in [0.15, 0.2) is 15.0 Å². The summed E-state index contributed by atoms with van der Waals surface area (Å²) < 4.78 is 26.1. The smallest absolute Gasteiger partial charge is 0.244 e. The number of carbonyl (C=O) groups is 1. The van der Waals surface area contributed by atoms with Crippen molar-refractivity contribution in [3.8, 4) is 0 Å². The van der Waals surface area contributed by atoms with Gasteiger partial charge in [-0.3, -0.25) is 9.69 Å². The summed E-state index contributed by atoms with van der Waals surface area (Å²) in [5, 5.41) is 1.05. The molecule has 0 radical (unpaired) electrons. The van der Waals surface area contributed by atoms with Crippen LogP contribution < -0.4 is 4.90 Å². The van der Waals surface area contributed by atoms with E-state index in [2.05, 4.69) is 4.98 Å². The number of rotatable bonds is 7. The molecule has 0 saturated carbocycles. The van der Waals surface area contributed by atoms with Gasteiger partial charge in [-0.25, -0.2) is 13.4 Å². The number of aromatic nitrogens is 1. The van der Waals surface area contributed by atoms with Gasteiger partial charge in [-0.05, 0) is 44.4 Å². The molecular weight excluding hydrogens is 418 g/mol. The Bertz CT molecular complexity index is 1080. The van der Waals surface area contributed by atoms with Crippen LogP contribution in [0.25, 0.3) is 10.2 Å². The van der Waals surface area contributed by atoms with Crippen LogP contribution in [0.2, 0.25) is 5.02 Å².